The second-order valence-electron chi connectivity index (χ2n) is 2.44. The number of nitrogens with zero attached hydrogens (tertiary/aromatic N) is 6. The molecule has 0 aliphatic rings. The number of hydrogen-bond acceptors (Lipinski definition) is 5. The van der Waals surface area contributed by atoms with E-state index in [0.717, 1.165) is 0 Å². The molecule has 2 heterocycles. The summed E-state index contributed by atoms with van der Waals surface area (Å²) in [6, 6.07) is 0. The van der Waals surface area contributed by atoms with E-state index >= 15 is 0 Å². The van der Waals surface area contributed by atoms with Gasteiger partial charge in [0.15, 0.2) is 5.82 Å². The standard InChI is InChI=1S/C6H4Cl2N6/c1-14-3(2-9-13-14)4-10-5(7)12-6(8)11-4/h2H,1H3. The Bertz CT molecular complexity index is 447. The summed E-state index contributed by atoms with van der Waals surface area (Å²) in [5, 5.41) is 7.50. The molecule has 0 radical (unpaired) electrons. The van der Waals surface area contributed by atoms with Crippen molar-refractivity contribution < 1.29 is 0 Å². The average molecular weight is 231 g/mol. The topological polar surface area (TPSA) is 69.4 Å². The summed E-state index contributed by atoms with van der Waals surface area (Å²) in [4.78, 5) is 11.4. The van der Waals surface area contributed by atoms with Crippen molar-refractivity contribution in [2.24, 2.45) is 7.05 Å². The molecule has 2 aromatic rings. The summed E-state index contributed by atoms with van der Waals surface area (Å²) < 4.78 is 1.52. The van der Waals surface area contributed by atoms with Crippen LogP contribution in [0.15, 0.2) is 6.20 Å². The Morgan fingerprint density at radius 3 is 2.29 bits per heavy atom. The molecule has 0 aliphatic carbocycles. The van der Waals surface area contributed by atoms with Gasteiger partial charge < -0.3 is 0 Å². The molecular formula is C6H4Cl2N6. The molecule has 0 unspecified atom stereocenters. The Labute approximate surface area is 88.9 Å². The van der Waals surface area contributed by atoms with Gasteiger partial charge in [0.2, 0.25) is 10.6 Å². The molecule has 0 atom stereocenters. The molecule has 0 aliphatic heterocycles. The predicted molar refractivity (Wildman–Crippen MR) is 49.8 cm³/mol. The van der Waals surface area contributed by atoms with E-state index in [1.807, 2.05) is 0 Å². The number of aromatic nitrogens is 6. The first kappa shape index (κ1) is 9.29. The highest BCUT2D eigenvalue weighted by Gasteiger charge is 2.09. The molecule has 72 valence electrons. The molecule has 2 rings (SSSR count). The number of aryl methyl sites for hydroxylation is 1. The van der Waals surface area contributed by atoms with E-state index in [0.29, 0.717) is 11.5 Å². The van der Waals surface area contributed by atoms with Crippen molar-refractivity contribution in [2.75, 3.05) is 0 Å². The Morgan fingerprint density at radius 1 is 1.14 bits per heavy atom. The zero-order valence-corrected chi connectivity index (χ0v) is 8.53. The first-order valence-corrected chi connectivity index (χ1v) is 4.34. The van der Waals surface area contributed by atoms with Gasteiger partial charge in [-0.1, -0.05) is 5.21 Å². The number of hydrogen-bond donors (Lipinski definition) is 0. The smallest absolute Gasteiger partial charge is 0.227 e. The second kappa shape index (κ2) is 3.47. The van der Waals surface area contributed by atoms with Crippen LogP contribution in [0.4, 0.5) is 0 Å². The quantitative estimate of drug-likeness (QED) is 0.731. The fourth-order valence-electron chi connectivity index (χ4n) is 0.933. The van der Waals surface area contributed by atoms with Crippen molar-refractivity contribution >= 4 is 23.2 Å². The normalized spacial score (nSPS) is 10.5. The first-order chi connectivity index (χ1) is 6.66. The molecule has 0 saturated carbocycles. The molecule has 0 N–H and O–H groups in total. The molecule has 0 saturated heterocycles. The molecule has 0 aromatic carbocycles. The van der Waals surface area contributed by atoms with Crippen LogP contribution in [0.2, 0.25) is 10.6 Å². The van der Waals surface area contributed by atoms with Gasteiger partial charge >= 0.3 is 0 Å². The molecule has 6 nitrogen and oxygen atoms in total. The molecule has 0 spiro atoms. The number of halogens is 2. The van der Waals surface area contributed by atoms with Crippen molar-refractivity contribution in [2.45, 2.75) is 0 Å². The molecule has 0 fully saturated rings. The predicted octanol–water partition coefficient (Wildman–Crippen LogP) is 0.974. The van der Waals surface area contributed by atoms with Crippen molar-refractivity contribution in [1.82, 2.24) is 29.9 Å². The van der Waals surface area contributed by atoms with Crippen LogP contribution in [0.5, 0.6) is 0 Å². The summed E-state index contributed by atoms with van der Waals surface area (Å²) in [7, 11) is 1.72. The van der Waals surface area contributed by atoms with Crippen molar-refractivity contribution in [3.8, 4) is 11.5 Å². The van der Waals surface area contributed by atoms with E-state index in [1.54, 1.807) is 7.05 Å². The van der Waals surface area contributed by atoms with Gasteiger partial charge in [-0.05, 0) is 23.2 Å². The zero-order chi connectivity index (χ0) is 10.1. The SMILES string of the molecule is Cn1nncc1-c1nc(Cl)nc(Cl)n1. The number of rotatable bonds is 1. The summed E-state index contributed by atoms with van der Waals surface area (Å²) in [5.74, 6) is 0.350. The van der Waals surface area contributed by atoms with E-state index in [9.17, 15) is 0 Å². The minimum atomic E-state index is 0.0428. The highest BCUT2D eigenvalue weighted by atomic mass is 35.5. The fourth-order valence-corrected chi connectivity index (χ4v) is 1.30. The summed E-state index contributed by atoms with van der Waals surface area (Å²) in [6.07, 6.45) is 1.52. The maximum atomic E-state index is 5.62. The average Bonchev–Trinajstić information content (AvgIpc) is 2.49. The van der Waals surface area contributed by atoms with Gasteiger partial charge in [-0.2, -0.15) is 15.0 Å². The third kappa shape index (κ3) is 1.66. The van der Waals surface area contributed by atoms with Crippen LogP contribution in [0.25, 0.3) is 11.5 Å². The van der Waals surface area contributed by atoms with Crippen molar-refractivity contribution in [3.63, 3.8) is 0 Å². The minimum absolute atomic E-state index is 0.0428. The van der Waals surface area contributed by atoms with Crippen molar-refractivity contribution in [3.05, 3.63) is 16.8 Å². The van der Waals surface area contributed by atoms with Crippen LogP contribution in [0, 0.1) is 0 Å². The Balaban J connectivity index is 2.57. The Morgan fingerprint density at radius 2 is 1.79 bits per heavy atom. The lowest BCUT2D eigenvalue weighted by molar-refractivity contribution is 0.716. The van der Waals surface area contributed by atoms with E-state index in [2.05, 4.69) is 25.3 Å². The summed E-state index contributed by atoms with van der Waals surface area (Å²) >= 11 is 11.2. The monoisotopic (exact) mass is 230 g/mol. The molecule has 14 heavy (non-hydrogen) atoms. The molecule has 8 heteroatoms. The van der Waals surface area contributed by atoms with Gasteiger partial charge in [0.05, 0.1) is 6.20 Å². The minimum Gasteiger partial charge on any atom is -0.245 e. The highest BCUT2D eigenvalue weighted by molar-refractivity contribution is 6.31. The van der Waals surface area contributed by atoms with Gasteiger partial charge in [-0.3, -0.25) is 0 Å². The van der Waals surface area contributed by atoms with Crippen LogP contribution < -0.4 is 0 Å². The van der Waals surface area contributed by atoms with E-state index < -0.39 is 0 Å². The molecular weight excluding hydrogens is 227 g/mol. The highest BCUT2D eigenvalue weighted by Crippen LogP contribution is 2.15. The first-order valence-electron chi connectivity index (χ1n) is 3.59. The third-order valence-electron chi connectivity index (χ3n) is 1.52. The van der Waals surface area contributed by atoms with Crippen LogP contribution in [0.3, 0.4) is 0 Å². The largest absolute Gasteiger partial charge is 0.245 e. The van der Waals surface area contributed by atoms with Gasteiger partial charge in [0.25, 0.3) is 0 Å². The Hall–Kier alpha value is -1.27. The second-order valence-corrected chi connectivity index (χ2v) is 3.12. The molecule has 0 amide bonds. The van der Waals surface area contributed by atoms with Gasteiger partial charge in [0, 0.05) is 7.05 Å². The van der Waals surface area contributed by atoms with Crippen LogP contribution in [-0.2, 0) is 7.05 Å². The molecule has 2 aromatic heterocycles. The van der Waals surface area contributed by atoms with Crippen LogP contribution in [0.1, 0.15) is 0 Å². The van der Waals surface area contributed by atoms with Crippen molar-refractivity contribution in [1.29, 1.82) is 0 Å². The Kier molecular flexibility index (Phi) is 2.30. The lowest BCUT2D eigenvalue weighted by Crippen LogP contribution is -1.99. The van der Waals surface area contributed by atoms with Gasteiger partial charge in [0.1, 0.15) is 5.69 Å². The zero-order valence-electron chi connectivity index (χ0n) is 7.02. The lowest BCUT2D eigenvalue weighted by Gasteiger charge is -1.99. The van der Waals surface area contributed by atoms with E-state index in [4.69, 9.17) is 23.2 Å². The van der Waals surface area contributed by atoms with Crippen LogP contribution >= 0.6 is 23.2 Å². The summed E-state index contributed by atoms with van der Waals surface area (Å²) in [6.45, 7) is 0. The maximum Gasteiger partial charge on any atom is 0.227 e. The molecule has 0 bridgehead atoms. The fraction of sp³-hybridized carbons (Fsp3) is 0.167. The lowest BCUT2D eigenvalue weighted by atomic mass is 10.4. The van der Waals surface area contributed by atoms with E-state index in [-0.39, 0.29) is 10.6 Å². The van der Waals surface area contributed by atoms with Gasteiger partial charge in [-0.25, -0.2) is 4.68 Å². The van der Waals surface area contributed by atoms with Gasteiger partial charge in [-0.15, -0.1) is 5.10 Å². The summed E-state index contributed by atoms with van der Waals surface area (Å²) in [5.41, 5.74) is 0.621. The van der Waals surface area contributed by atoms with Crippen LogP contribution in [-0.4, -0.2) is 29.9 Å². The maximum absolute atomic E-state index is 5.62. The van der Waals surface area contributed by atoms with E-state index in [1.165, 1.54) is 10.9 Å². The third-order valence-corrected chi connectivity index (χ3v) is 1.86.